The number of hydrogen-bond acceptors (Lipinski definition) is 4. The fourth-order valence-corrected chi connectivity index (χ4v) is 6.71. The van der Waals surface area contributed by atoms with Gasteiger partial charge in [0.2, 0.25) is 11.8 Å². The van der Waals surface area contributed by atoms with Crippen LogP contribution in [0.1, 0.15) is 63.4 Å². The van der Waals surface area contributed by atoms with Crippen molar-refractivity contribution in [2.75, 3.05) is 32.8 Å². The molecule has 3 aliphatic rings. The number of likely N-dealkylation sites (tertiary alicyclic amines) is 2. The summed E-state index contributed by atoms with van der Waals surface area (Å²) in [6, 6.07) is 12.4. The molecule has 3 fully saturated rings. The van der Waals surface area contributed by atoms with Crippen LogP contribution in [0, 0.1) is 11.3 Å². The number of benzene rings is 1. The van der Waals surface area contributed by atoms with Gasteiger partial charge in [0.1, 0.15) is 0 Å². The number of ether oxygens (including phenoxy) is 1. The second-order valence-electron chi connectivity index (χ2n) is 11.2. The number of carbonyl (C=O) groups excluding carboxylic acids is 1. The lowest BCUT2D eigenvalue weighted by molar-refractivity contribution is -0.136. The normalized spacial score (nSPS) is 26.3. The molecular weight excluding hydrogens is 493 g/mol. The molecule has 194 valence electrons. The number of amides is 1. The molecule has 0 N–H and O–H groups in total. The quantitative estimate of drug-likeness (QED) is 0.431. The van der Waals surface area contributed by atoms with Crippen molar-refractivity contribution in [1.82, 2.24) is 14.8 Å². The number of pyridine rings is 1. The molecule has 1 aromatic heterocycles. The van der Waals surface area contributed by atoms with Crippen LogP contribution in [0.4, 0.5) is 0 Å². The van der Waals surface area contributed by atoms with Crippen molar-refractivity contribution in [3.05, 3.63) is 58.2 Å². The maximum atomic E-state index is 13.7. The number of nitrogens with zero attached hydrogens (tertiary/aromatic N) is 3. The SMILES string of the molecule is CC1(COc2ccc(Cl)cn2)CN(C(=O)C2CCN(C3CCCCC3)CC2)CC1c1ccc(Cl)cc1. The molecule has 5 rings (SSSR count). The van der Waals surface area contributed by atoms with Gasteiger partial charge in [0.15, 0.2) is 0 Å². The van der Waals surface area contributed by atoms with E-state index in [1.54, 1.807) is 18.3 Å². The lowest BCUT2D eigenvalue weighted by Gasteiger charge is -2.39. The molecule has 7 heteroatoms. The number of halogens is 2. The Bertz CT molecular complexity index is 1020. The molecule has 2 unspecified atom stereocenters. The Kier molecular flexibility index (Phi) is 8.09. The summed E-state index contributed by atoms with van der Waals surface area (Å²) in [4.78, 5) is 22.8. The zero-order valence-electron chi connectivity index (χ0n) is 21.2. The van der Waals surface area contributed by atoms with Gasteiger partial charge in [0.05, 0.1) is 11.6 Å². The molecule has 2 aliphatic heterocycles. The first-order valence-corrected chi connectivity index (χ1v) is 14.2. The summed E-state index contributed by atoms with van der Waals surface area (Å²) in [6.45, 7) is 6.18. The lowest BCUT2D eigenvalue weighted by Crippen LogP contribution is -2.46. The van der Waals surface area contributed by atoms with Crippen molar-refractivity contribution in [3.63, 3.8) is 0 Å². The molecule has 0 bridgehead atoms. The minimum absolute atomic E-state index is 0.122. The van der Waals surface area contributed by atoms with E-state index in [0.29, 0.717) is 36.5 Å². The van der Waals surface area contributed by atoms with Crippen molar-refractivity contribution in [2.24, 2.45) is 11.3 Å². The Balaban J connectivity index is 1.27. The van der Waals surface area contributed by atoms with Crippen LogP contribution < -0.4 is 4.74 Å². The smallest absolute Gasteiger partial charge is 0.225 e. The van der Waals surface area contributed by atoms with Gasteiger partial charge < -0.3 is 14.5 Å². The van der Waals surface area contributed by atoms with Crippen molar-refractivity contribution in [3.8, 4) is 5.88 Å². The minimum Gasteiger partial charge on any atom is -0.477 e. The first-order valence-electron chi connectivity index (χ1n) is 13.4. The van der Waals surface area contributed by atoms with E-state index in [4.69, 9.17) is 27.9 Å². The second-order valence-corrected chi connectivity index (χ2v) is 12.1. The van der Waals surface area contributed by atoms with E-state index < -0.39 is 0 Å². The molecule has 0 spiro atoms. The third-order valence-electron chi connectivity index (χ3n) is 8.60. The molecule has 1 saturated carbocycles. The molecule has 2 saturated heterocycles. The molecule has 2 aromatic rings. The van der Waals surface area contributed by atoms with Crippen LogP contribution in [0.25, 0.3) is 0 Å². The Labute approximate surface area is 225 Å². The van der Waals surface area contributed by atoms with Gasteiger partial charge >= 0.3 is 0 Å². The van der Waals surface area contributed by atoms with Crippen LogP contribution in [0.3, 0.4) is 0 Å². The maximum Gasteiger partial charge on any atom is 0.225 e. The van der Waals surface area contributed by atoms with E-state index in [9.17, 15) is 4.79 Å². The Morgan fingerprint density at radius 2 is 1.69 bits per heavy atom. The predicted molar refractivity (Wildman–Crippen MR) is 145 cm³/mol. The monoisotopic (exact) mass is 529 g/mol. The van der Waals surface area contributed by atoms with Gasteiger partial charge in [-0.25, -0.2) is 4.98 Å². The van der Waals surface area contributed by atoms with Crippen molar-refractivity contribution in [2.45, 2.75) is 63.8 Å². The van der Waals surface area contributed by atoms with Gasteiger partial charge in [-0.1, -0.05) is 61.5 Å². The van der Waals surface area contributed by atoms with Crippen LogP contribution in [0.2, 0.25) is 10.0 Å². The highest BCUT2D eigenvalue weighted by molar-refractivity contribution is 6.30. The summed E-state index contributed by atoms with van der Waals surface area (Å²) < 4.78 is 6.14. The summed E-state index contributed by atoms with van der Waals surface area (Å²) in [6.07, 6.45) is 10.3. The van der Waals surface area contributed by atoms with E-state index in [0.717, 1.165) is 37.0 Å². The van der Waals surface area contributed by atoms with Crippen LogP contribution >= 0.6 is 23.2 Å². The third kappa shape index (κ3) is 5.84. The summed E-state index contributed by atoms with van der Waals surface area (Å²) in [7, 11) is 0. The van der Waals surface area contributed by atoms with Gasteiger partial charge in [0, 0.05) is 53.7 Å². The molecular formula is C29H37Cl2N3O2. The standard InChI is InChI=1S/C29H37Cl2N3O2/c1-29(20-36-27-12-11-24(31)17-32-27)19-34(18-26(29)21-7-9-23(30)10-8-21)28(35)22-13-15-33(16-14-22)25-5-3-2-4-6-25/h7-12,17,22,25-26H,2-6,13-16,18-20H2,1H3. The van der Waals surface area contributed by atoms with Crippen molar-refractivity contribution < 1.29 is 9.53 Å². The highest BCUT2D eigenvalue weighted by atomic mass is 35.5. The fourth-order valence-electron chi connectivity index (χ4n) is 6.47. The average Bonchev–Trinajstić information content (AvgIpc) is 3.26. The Hall–Kier alpha value is -1.82. The highest BCUT2D eigenvalue weighted by Crippen LogP contribution is 2.44. The Morgan fingerprint density at radius 3 is 2.36 bits per heavy atom. The molecule has 3 heterocycles. The molecule has 5 nitrogen and oxygen atoms in total. The van der Waals surface area contributed by atoms with Gasteiger partial charge in [-0.05, 0) is 62.5 Å². The minimum atomic E-state index is -0.242. The number of hydrogen-bond donors (Lipinski definition) is 0. The van der Waals surface area contributed by atoms with E-state index in [1.807, 2.05) is 12.1 Å². The predicted octanol–water partition coefficient (Wildman–Crippen LogP) is 6.44. The van der Waals surface area contributed by atoms with Crippen molar-refractivity contribution >= 4 is 29.1 Å². The summed E-state index contributed by atoms with van der Waals surface area (Å²) in [5, 5.41) is 1.30. The highest BCUT2D eigenvalue weighted by Gasteiger charge is 2.47. The van der Waals surface area contributed by atoms with E-state index in [2.05, 4.69) is 33.8 Å². The summed E-state index contributed by atoms with van der Waals surface area (Å²) in [5.74, 6) is 1.14. The fraction of sp³-hybridized carbons (Fsp3) is 0.586. The zero-order chi connectivity index (χ0) is 25.1. The van der Waals surface area contributed by atoms with Gasteiger partial charge in [-0.15, -0.1) is 0 Å². The topological polar surface area (TPSA) is 45.7 Å². The number of carbonyl (C=O) groups is 1. The lowest BCUT2D eigenvalue weighted by atomic mass is 9.77. The Morgan fingerprint density at radius 1 is 1.00 bits per heavy atom. The van der Waals surface area contributed by atoms with Crippen LogP contribution in [-0.2, 0) is 4.79 Å². The summed E-state index contributed by atoms with van der Waals surface area (Å²) >= 11 is 12.2. The van der Waals surface area contributed by atoms with E-state index in [-0.39, 0.29) is 17.3 Å². The third-order valence-corrected chi connectivity index (χ3v) is 9.08. The van der Waals surface area contributed by atoms with Crippen LogP contribution in [-0.4, -0.2) is 59.5 Å². The maximum absolute atomic E-state index is 13.7. The molecule has 1 aliphatic carbocycles. The number of aromatic nitrogens is 1. The molecule has 0 radical (unpaired) electrons. The first kappa shape index (κ1) is 25.8. The van der Waals surface area contributed by atoms with Crippen LogP contribution in [0.5, 0.6) is 5.88 Å². The largest absolute Gasteiger partial charge is 0.477 e. The number of rotatable bonds is 6. The molecule has 1 aromatic carbocycles. The first-order chi connectivity index (χ1) is 17.4. The molecule has 2 atom stereocenters. The average molecular weight is 531 g/mol. The molecule has 1 amide bonds. The number of piperidine rings is 1. The van der Waals surface area contributed by atoms with E-state index in [1.165, 1.54) is 37.7 Å². The second kappa shape index (κ2) is 11.3. The van der Waals surface area contributed by atoms with Gasteiger partial charge in [-0.2, -0.15) is 0 Å². The van der Waals surface area contributed by atoms with E-state index >= 15 is 0 Å². The van der Waals surface area contributed by atoms with Gasteiger partial charge in [0.25, 0.3) is 0 Å². The summed E-state index contributed by atoms with van der Waals surface area (Å²) in [5.41, 5.74) is 0.949. The van der Waals surface area contributed by atoms with Crippen molar-refractivity contribution in [1.29, 1.82) is 0 Å². The van der Waals surface area contributed by atoms with Gasteiger partial charge in [-0.3, -0.25) is 4.79 Å². The molecule has 36 heavy (non-hydrogen) atoms. The van der Waals surface area contributed by atoms with Crippen LogP contribution in [0.15, 0.2) is 42.6 Å². The zero-order valence-corrected chi connectivity index (χ0v) is 22.7.